The van der Waals surface area contributed by atoms with Crippen LogP contribution in [0.4, 0.5) is 0 Å². The highest BCUT2D eigenvalue weighted by Gasteiger charge is 2.06. The molecule has 30 heavy (non-hydrogen) atoms. The molecule has 162 valence electrons. The highest BCUT2D eigenvalue weighted by atomic mass is 127. The first kappa shape index (κ1) is 24.2. The van der Waals surface area contributed by atoms with Gasteiger partial charge in [-0.15, -0.1) is 35.3 Å². The van der Waals surface area contributed by atoms with E-state index in [2.05, 4.69) is 40.7 Å². The molecule has 1 aromatic heterocycles. The van der Waals surface area contributed by atoms with E-state index in [9.17, 15) is 0 Å². The van der Waals surface area contributed by atoms with Crippen molar-refractivity contribution in [3.63, 3.8) is 0 Å². The number of nitrogens with zero attached hydrogens (tertiary/aromatic N) is 2. The molecule has 2 N–H and O–H groups in total. The normalized spacial score (nSPS) is 11.1. The number of fused-ring (bicyclic) bond motifs is 1. The lowest BCUT2D eigenvalue weighted by atomic mass is 10.2. The van der Waals surface area contributed by atoms with Crippen molar-refractivity contribution in [2.75, 3.05) is 27.3 Å². The third-order valence-electron chi connectivity index (χ3n) is 4.44. The lowest BCUT2D eigenvalue weighted by Crippen LogP contribution is -2.37. The molecule has 6 nitrogen and oxygen atoms in total. The summed E-state index contributed by atoms with van der Waals surface area (Å²) < 4.78 is 12.0. The number of para-hydroxylation sites is 1. The molecule has 0 aliphatic rings. The second-order valence-corrected chi connectivity index (χ2v) is 7.59. The Morgan fingerprint density at radius 1 is 1.10 bits per heavy atom. The molecule has 0 fully saturated rings. The van der Waals surface area contributed by atoms with E-state index in [1.54, 1.807) is 25.6 Å². The SMILES string of the molecule is CCNC(=NCc1ccc(OC)cc1OC)NCCCc1nc2ccccc2s1.I. The molecular weight excluding hydrogens is 511 g/mol. The Morgan fingerprint density at radius 2 is 1.93 bits per heavy atom. The number of hydrogen-bond donors (Lipinski definition) is 2. The highest BCUT2D eigenvalue weighted by Crippen LogP contribution is 2.25. The third kappa shape index (κ3) is 6.73. The molecule has 3 aromatic rings. The fourth-order valence-electron chi connectivity index (χ4n) is 2.96. The van der Waals surface area contributed by atoms with E-state index in [1.807, 2.05) is 24.3 Å². The molecule has 0 radical (unpaired) electrons. The summed E-state index contributed by atoms with van der Waals surface area (Å²) in [6, 6.07) is 14.1. The molecule has 0 atom stereocenters. The fraction of sp³-hybridized carbons (Fsp3) is 0.364. The zero-order chi connectivity index (χ0) is 20.5. The number of halogens is 1. The predicted molar refractivity (Wildman–Crippen MR) is 136 cm³/mol. The molecule has 2 aromatic carbocycles. The standard InChI is InChI=1S/C22H28N4O2S.HI/c1-4-23-22(25-15-16-11-12-17(27-2)14-19(16)28-3)24-13-7-10-21-26-18-8-5-6-9-20(18)29-21;/h5-6,8-9,11-12,14H,4,7,10,13,15H2,1-3H3,(H2,23,24,25);1H. The number of methoxy groups -OCH3 is 2. The Morgan fingerprint density at radius 3 is 2.67 bits per heavy atom. The molecule has 0 aliphatic heterocycles. The first-order valence-corrected chi connectivity index (χ1v) is 10.6. The van der Waals surface area contributed by atoms with Crippen molar-refractivity contribution in [3.05, 3.63) is 53.0 Å². The Hall–Kier alpha value is -2.07. The molecule has 3 rings (SSSR count). The van der Waals surface area contributed by atoms with Gasteiger partial charge in [-0.05, 0) is 37.6 Å². The van der Waals surface area contributed by atoms with Crippen LogP contribution in [0.15, 0.2) is 47.5 Å². The summed E-state index contributed by atoms with van der Waals surface area (Å²) >= 11 is 1.77. The first-order valence-electron chi connectivity index (χ1n) is 9.81. The third-order valence-corrected chi connectivity index (χ3v) is 5.54. The zero-order valence-corrected chi connectivity index (χ0v) is 20.8. The highest BCUT2D eigenvalue weighted by molar-refractivity contribution is 14.0. The van der Waals surface area contributed by atoms with E-state index < -0.39 is 0 Å². The number of rotatable bonds is 9. The lowest BCUT2D eigenvalue weighted by Gasteiger charge is -2.12. The van der Waals surface area contributed by atoms with Crippen LogP contribution in [0.1, 0.15) is 23.9 Å². The van der Waals surface area contributed by atoms with Crippen molar-refractivity contribution in [3.8, 4) is 11.5 Å². The Balaban J connectivity index is 0.00000320. The van der Waals surface area contributed by atoms with Crippen molar-refractivity contribution in [2.24, 2.45) is 4.99 Å². The molecule has 0 unspecified atom stereocenters. The van der Waals surface area contributed by atoms with Gasteiger partial charge < -0.3 is 20.1 Å². The first-order chi connectivity index (χ1) is 14.2. The summed E-state index contributed by atoms with van der Waals surface area (Å²) in [5.74, 6) is 2.35. The fourth-order valence-corrected chi connectivity index (χ4v) is 3.97. The summed E-state index contributed by atoms with van der Waals surface area (Å²) in [7, 11) is 3.31. The van der Waals surface area contributed by atoms with Crippen molar-refractivity contribution in [2.45, 2.75) is 26.3 Å². The number of benzene rings is 2. The van der Waals surface area contributed by atoms with Gasteiger partial charge in [0.05, 0.1) is 36.0 Å². The number of aryl methyl sites for hydroxylation is 1. The number of ether oxygens (including phenoxy) is 2. The van der Waals surface area contributed by atoms with Crippen LogP contribution in [0.5, 0.6) is 11.5 Å². The summed E-state index contributed by atoms with van der Waals surface area (Å²) in [5.41, 5.74) is 2.10. The molecular formula is C22H29IN4O2S. The van der Waals surface area contributed by atoms with Crippen LogP contribution in [-0.4, -0.2) is 38.3 Å². The van der Waals surface area contributed by atoms with Gasteiger partial charge >= 0.3 is 0 Å². The Labute approximate surface area is 199 Å². The molecule has 0 amide bonds. The van der Waals surface area contributed by atoms with Crippen molar-refractivity contribution >= 4 is 51.5 Å². The number of thiazole rings is 1. The van der Waals surface area contributed by atoms with Gasteiger partial charge in [0.15, 0.2) is 5.96 Å². The predicted octanol–water partition coefficient (Wildman–Crippen LogP) is 4.62. The quantitative estimate of drug-likeness (QED) is 0.180. The van der Waals surface area contributed by atoms with E-state index in [1.165, 1.54) is 9.71 Å². The van der Waals surface area contributed by atoms with Crippen molar-refractivity contribution in [1.82, 2.24) is 15.6 Å². The van der Waals surface area contributed by atoms with Gasteiger partial charge in [-0.1, -0.05) is 12.1 Å². The van der Waals surface area contributed by atoms with E-state index in [4.69, 9.17) is 14.5 Å². The van der Waals surface area contributed by atoms with E-state index in [-0.39, 0.29) is 24.0 Å². The Bertz CT molecular complexity index is 928. The molecule has 0 bridgehead atoms. The second kappa shape index (κ2) is 12.6. The average Bonchev–Trinajstić information content (AvgIpc) is 3.17. The number of guanidine groups is 1. The maximum atomic E-state index is 5.46. The van der Waals surface area contributed by atoms with Gasteiger partial charge in [-0.3, -0.25) is 0 Å². The minimum Gasteiger partial charge on any atom is -0.497 e. The molecule has 8 heteroatoms. The molecule has 0 saturated heterocycles. The van der Waals surface area contributed by atoms with E-state index >= 15 is 0 Å². The van der Waals surface area contributed by atoms with Crippen LogP contribution >= 0.6 is 35.3 Å². The topological polar surface area (TPSA) is 67.8 Å². The molecule has 1 heterocycles. The summed E-state index contributed by atoms with van der Waals surface area (Å²) in [6.07, 6.45) is 1.95. The molecule has 0 spiro atoms. The van der Waals surface area contributed by atoms with Crippen LogP contribution in [-0.2, 0) is 13.0 Å². The monoisotopic (exact) mass is 540 g/mol. The van der Waals surface area contributed by atoms with E-state index in [0.29, 0.717) is 6.54 Å². The second-order valence-electron chi connectivity index (χ2n) is 6.48. The largest absolute Gasteiger partial charge is 0.497 e. The smallest absolute Gasteiger partial charge is 0.191 e. The minimum atomic E-state index is 0. The maximum absolute atomic E-state index is 5.46. The van der Waals surface area contributed by atoms with Crippen LogP contribution in [0.25, 0.3) is 10.2 Å². The van der Waals surface area contributed by atoms with Gasteiger partial charge in [-0.25, -0.2) is 9.98 Å². The van der Waals surface area contributed by atoms with Crippen LogP contribution in [0.2, 0.25) is 0 Å². The lowest BCUT2D eigenvalue weighted by molar-refractivity contribution is 0.391. The van der Waals surface area contributed by atoms with Crippen LogP contribution in [0, 0.1) is 0 Å². The maximum Gasteiger partial charge on any atom is 0.191 e. The number of hydrogen-bond acceptors (Lipinski definition) is 5. The van der Waals surface area contributed by atoms with E-state index in [0.717, 1.165) is 54.5 Å². The van der Waals surface area contributed by atoms with Crippen LogP contribution < -0.4 is 20.1 Å². The number of aromatic nitrogens is 1. The van der Waals surface area contributed by atoms with Crippen molar-refractivity contribution < 1.29 is 9.47 Å². The molecule has 0 saturated carbocycles. The van der Waals surface area contributed by atoms with Gasteiger partial charge in [-0.2, -0.15) is 0 Å². The average molecular weight is 540 g/mol. The van der Waals surface area contributed by atoms with Gasteiger partial charge in [0.2, 0.25) is 0 Å². The minimum absolute atomic E-state index is 0. The number of aliphatic imine (C=N–C) groups is 1. The van der Waals surface area contributed by atoms with Crippen LogP contribution in [0.3, 0.4) is 0 Å². The summed E-state index contributed by atoms with van der Waals surface area (Å²) in [4.78, 5) is 9.38. The zero-order valence-electron chi connectivity index (χ0n) is 17.6. The summed E-state index contributed by atoms with van der Waals surface area (Å²) in [6.45, 7) is 4.23. The molecule has 0 aliphatic carbocycles. The van der Waals surface area contributed by atoms with Gasteiger partial charge in [0.25, 0.3) is 0 Å². The van der Waals surface area contributed by atoms with Gasteiger partial charge in [0, 0.05) is 31.1 Å². The number of nitrogens with one attached hydrogen (secondary N) is 2. The summed E-state index contributed by atoms with van der Waals surface area (Å²) in [5, 5.41) is 7.88. The van der Waals surface area contributed by atoms with Crippen molar-refractivity contribution in [1.29, 1.82) is 0 Å². The van der Waals surface area contributed by atoms with Gasteiger partial charge in [0.1, 0.15) is 11.5 Å². The Kier molecular flexibility index (Phi) is 10.2.